The molecule has 3 heterocycles. The van der Waals surface area contributed by atoms with Crippen LogP contribution >= 0.6 is 0 Å². The number of alkyl carbamates (subject to hydrolysis) is 1. The maximum atomic E-state index is 14.2. The molecule has 2 aliphatic heterocycles. The first-order valence-corrected chi connectivity index (χ1v) is 14.5. The number of benzene rings is 2. The number of hydrogen-bond acceptors (Lipinski definition) is 8. The number of likely N-dealkylation sites (tertiary alicyclic amines) is 1. The summed E-state index contributed by atoms with van der Waals surface area (Å²) in [7, 11) is 1.60. The maximum absolute atomic E-state index is 14.2. The molecule has 5 rings (SSSR count). The predicted octanol–water partition coefficient (Wildman–Crippen LogP) is 3.39. The van der Waals surface area contributed by atoms with Gasteiger partial charge in [-0.2, -0.15) is 0 Å². The molecular formula is C32H39N5O6. The van der Waals surface area contributed by atoms with E-state index in [0.29, 0.717) is 48.6 Å². The van der Waals surface area contributed by atoms with Crippen LogP contribution in [0, 0.1) is 0 Å². The van der Waals surface area contributed by atoms with Gasteiger partial charge in [0.25, 0.3) is 0 Å². The number of carbonyl (C=O) groups is 3. The van der Waals surface area contributed by atoms with Crippen LogP contribution in [0.2, 0.25) is 0 Å². The Morgan fingerprint density at radius 3 is 2.44 bits per heavy atom. The third kappa shape index (κ3) is 6.67. The van der Waals surface area contributed by atoms with Gasteiger partial charge in [-0.15, -0.1) is 0 Å². The summed E-state index contributed by atoms with van der Waals surface area (Å²) in [6.45, 7) is 6.44. The van der Waals surface area contributed by atoms with Crippen molar-refractivity contribution in [3.8, 4) is 22.8 Å². The lowest BCUT2D eigenvalue weighted by molar-refractivity contribution is -0.144. The van der Waals surface area contributed by atoms with Crippen molar-refractivity contribution in [1.82, 2.24) is 20.5 Å². The molecule has 43 heavy (non-hydrogen) atoms. The van der Waals surface area contributed by atoms with Crippen LogP contribution in [-0.2, 0) is 14.3 Å². The van der Waals surface area contributed by atoms with Crippen LogP contribution in [0.5, 0.6) is 11.5 Å². The molecule has 0 unspecified atom stereocenters. The van der Waals surface area contributed by atoms with Gasteiger partial charge < -0.3 is 35.5 Å². The van der Waals surface area contributed by atoms with Crippen molar-refractivity contribution in [2.75, 3.05) is 26.7 Å². The van der Waals surface area contributed by atoms with Crippen LogP contribution in [0.1, 0.15) is 40.0 Å². The SMILES string of the molecule is COc1ccc2c(O[C@@H]3C[C@@H](C(N)=O)N(C(=O)C4(NC(=O)OC(C)(C)C)CCNCC4)C3)cc(-c3ccccc3)nc2c1. The van der Waals surface area contributed by atoms with Gasteiger partial charge >= 0.3 is 6.09 Å². The zero-order valence-electron chi connectivity index (χ0n) is 25.0. The van der Waals surface area contributed by atoms with Crippen molar-refractivity contribution in [3.63, 3.8) is 0 Å². The average Bonchev–Trinajstić information content (AvgIpc) is 3.40. The van der Waals surface area contributed by atoms with E-state index in [1.807, 2.05) is 54.6 Å². The summed E-state index contributed by atoms with van der Waals surface area (Å²) in [6.07, 6.45) is -0.315. The van der Waals surface area contributed by atoms with Crippen molar-refractivity contribution in [3.05, 3.63) is 54.6 Å². The number of rotatable bonds is 7. The van der Waals surface area contributed by atoms with Crippen LogP contribution < -0.4 is 25.8 Å². The van der Waals surface area contributed by atoms with Crippen LogP contribution in [-0.4, -0.2) is 77.8 Å². The van der Waals surface area contributed by atoms with E-state index in [-0.39, 0.29) is 18.9 Å². The molecule has 0 radical (unpaired) electrons. The standard InChI is InChI=1S/C32H39N5O6/c1-31(2,3)43-30(40)36-32(12-14-34-15-13-32)29(39)37-19-22(17-26(37)28(33)38)42-27-18-24(20-8-6-5-7-9-20)35-25-16-21(41-4)10-11-23(25)27/h5-11,16,18,22,26,34H,12-15,17,19H2,1-4H3,(H2,33,38)(H,36,40)/t22-,26+/m1/s1. The first kappa shape index (κ1) is 30.1. The molecule has 0 bridgehead atoms. The zero-order valence-corrected chi connectivity index (χ0v) is 25.0. The first-order valence-electron chi connectivity index (χ1n) is 14.5. The minimum atomic E-state index is -1.24. The quantitative estimate of drug-likeness (QED) is 0.380. The number of primary amides is 1. The number of nitrogens with zero attached hydrogens (tertiary/aromatic N) is 2. The fourth-order valence-corrected chi connectivity index (χ4v) is 5.73. The minimum Gasteiger partial charge on any atom is -0.497 e. The zero-order chi connectivity index (χ0) is 30.8. The average molecular weight is 590 g/mol. The van der Waals surface area contributed by atoms with E-state index in [1.165, 1.54) is 4.90 Å². The van der Waals surface area contributed by atoms with E-state index in [2.05, 4.69) is 10.6 Å². The summed E-state index contributed by atoms with van der Waals surface area (Å²) in [6, 6.07) is 16.3. The van der Waals surface area contributed by atoms with E-state index >= 15 is 0 Å². The van der Waals surface area contributed by atoms with Crippen molar-refractivity contribution in [2.45, 2.75) is 63.3 Å². The topological polar surface area (TPSA) is 145 Å². The molecule has 2 atom stereocenters. The number of piperidine rings is 1. The van der Waals surface area contributed by atoms with Gasteiger partial charge in [-0.3, -0.25) is 9.59 Å². The number of fused-ring (bicyclic) bond motifs is 1. The fourth-order valence-electron chi connectivity index (χ4n) is 5.73. The van der Waals surface area contributed by atoms with Gasteiger partial charge in [-0.1, -0.05) is 30.3 Å². The second kappa shape index (κ2) is 12.1. The highest BCUT2D eigenvalue weighted by molar-refractivity contribution is 5.95. The minimum absolute atomic E-state index is 0.123. The molecule has 3 amide bonds. The lowest BCUT2D eigenvalue weighted by Crippen LogP contribution is -2.65. The van der Waals surface area contributed by atoms with Crippen LogP contribution in [0.4, 0.5) is 4.79 Å². The first-order chi connectivity index (χ1) is 20.5. The van der Waals surface area contributed by atoms with Crippen LogP contribution in [0.3, 0.4) is 0 Å². The second-order valence-electron chi connectivity index (χ2n) is 12.1. The van der Waals surface area contributed by atoms with Gasteiger partial charge in [0.05, 0.1) is 24.9 Å². The number of nitrogens with one attached hydrogen (secondary N) is 2. The Balaban J connectivity index is 1.45. The van der Waals surface area contributed by atoms with Gasteiger partial charge in [0, 0.05) is 29.5 Å². The molecule has 0 saturated carbocycles. The van der Waals surface area contributed by atoms with Gasteiger partial charge in [0.15, 0.2) is 0 Å². The molecule has 2 aliphatic rings. The van der Waals surface area contributed by atoms with Crippen molar-refractivity contribution < 1.29 is 28.6 Å². The summed E-state index contributed by atoms with van der Waals surface area (Å²) >= 11 is 0. The summed E-state index contributed by atoms with van der Waals surface area (Å²) in [4.78, 5) is 46.0. The summed E-state index contributed by atoms with van der Waals surface area (Å²) in [5.74, 6) is 0.226. The van der Waals surface area contributed by atoms with Gasteiger partial charge in [-0.05, 0) is 58.8 Å². The number of carbonyl (C=O) groups excluding carboxylic acids is 3. The molecule has 228 valence electrons. The molecule has 0 aliphatic carbocycles. The Bertz CT molecular complexity index is 1500. The van der Waals surface area contributed by atoms with E-state index < -0.39 is 35.3 Å². The van der Waals surface area contributed by atoms with Gasteiger partial charge in [-0.25, -0.2) is 9.78 Å². The molecule has 2 saturated heterocycles. The van der Waals surface area contributed by atoms with Crippen LogP contribution in [0.15, 0.2) is 54.6 Å². The molecule has 11 heteroatoms. The molecule has 2 fully saturated rings. The fraction of sp³-hybridized carbons (Fsp3) is 0.438. The van der Waals surface area contributed by atoms with Gasteiger partial charge in [0.1, 0.15) is 34.8 Å². The van der Waals surface area contributed by atoms with E-state index in [9.17, 15) is 14.4 Å². The number of ether oxygens (including phenoxy) is 3. The molecule has 11 nitrogen and oxygen atoms in total. The Hall–Kier alpha value is -4.38. The highest BCUT2D eigenvalue weighted by Crippen LogP contribution is 2.35. The maximum Gasteiger partial charge on any atom is 0.408 e. The molecule has 4 N–H and O–H groups in total. The second-order valence-corrected chi connectivity index (χ2v) is 12.1. The molecule has 2 aromatic carbocycles. The van der Waals surface area contributed by atoms with E-state index in [4.69, 9.17) is 24.9 Å². The smallest absolute Gasteiger partial charge is 0.408 e. The molecular weight excluding hydrogens is 550 g/mol. The predicted molar refractivity (Wildman–Crippen MR) is 162 cm³/mol. The highest BCUT2D eigenvalue weighted by Gasteiger charge is 2.50. The lowest BCUT2D eigenvalue weighted by atomic mass is 9.86. The van der Waals surface area contributed by atoms with Gasteiger partial charge in [0.2, 0.25) is 11.8 Å². The van der Waals surface area contributed by atoms with Crippen molar-refractivity contribution >= 4 is 28.8 Å². The molecule has 0 spiro atoms. The molecule has 1 aromatic heterocycles. The Morgan fingerprint density at radius 1 is 1.07 bits per heavy atom. The van der Waals surface area contributed by atoms with Crippen molar-refractivity contribution in [2.24, 2.45) is 5.73 Å². The number of nitrogens with two attached hydrogens (primary N) is 1. The summed E-state index contributed by atoms with van der Waals surface area (Å²) in [5, 5.41) is 6.84. The monoisotopic (exact) mass is 589 g/mol. The third-order valence-electron chi connectivity index (χ3n) is 7.80. The third-order valence-corrected chi connectivity index (χ3v) is 7.80. The molecule has 3 aromatic rings. The normalized spacial score (nSPS) is 20.0. The van der Waals surface area contributed by atoms with Crippen molar-refractivity contribution in [1.29, 1.82) is 0 Å². The Labute approximate surface area is 251 Å². The van der Waals surface area contributed by atoms with E-state index in [0.717, 1.165) is 10.9 Å². The largest absolute Gasteiger partial charge is 0.497 e. The summed E-state index contributed by atoms with van der Waals surface area (Å²) < 4.78 is 17.5. The number of amides is 3. The number of pyridine rings is 1. The van der Waals surface area contributed by atoms with Crippen LogP contribution in [0.25, 0.3) is 22.2 Å². The lowest BCUT2D eigenvalue weighted by Gasteiger charge is -2.40. The number of methoxy groups -OCH3 is 1. The summed E-state index contributed by atoms with van der Waals surface area (Å²) in [5.41, 5.74) is 6.16. The Kier molecular flexibility index (Phi) is 8.45. The number of aromatic nitrogens is 1. The highest BCUT2D eigenvalue weighted by atomic mass is 16.6. The number of hydrogen-bond donors (Lipinski definition) is 3. The van der Waals surface area contributed by atoms with E-state index in [1.54, 1.807) is 27.9 Å². The Morgan fingerprint density at radius 2 is 1.79 bits per heavy atom.